The lowest BCUT2D eigenvalue weighted by Crippen LogP contribution is -2.33. The Balaban J connectivity index is 1.82. The fourth-order valence-electron chi connectivity index (χ4n) is 2.99. The van der Waals surface area contributed by atoms with Gasteiger partial charge in [-0.1, -0.05) is 31.2 Å². The second-order valence-electron chi connectivity index (χ2n) is 6.66. The minimum absolute atomic E-state index is 0.0435. The SMILES string of the molecule is CCc1ccc(CN(CCOC)C(=O)c2cc3ncc(CCO)cn3n2)cc1. The molecule has 0 spiro atoms. The van der Waals surface area contributed by atoms with Gasteiger partial charge in [0.1, 0.15) is 0 Å². The molecule has 3 aromatic rings. The Morgan fingerprint density at radius 3 is 2.64 bits per heavy atom. The van der Waals surface area contributed by atoms with E-state index in [1.807, 2.05) is 0 Å². The first-order valence-corrected chi connectivity index (χ1v) is 9.45. The second-order valence-corrected chi connectivity index (χ2v) is 6.66. The molecule has 0 bridgehead atoms. The van der Waals surface area contributed by atoms with Gasteiger partial charge in [-0.3, -0.25) is 4.79 Å². The summed E-state index contributed by atoms with van der Waals surface area (Å²) in [5, 5.41) is 13.5. The summed E-state index contributed by atoms with van der Waals surface area (Å²) < 4.78 is 6.76. The third kappa shape index (κ3) is 4.74. The fourth-order valence-corrected chi connectivity index (χ4v) is 2.99. The maximum atomic E-state index is 13.1. The van der Waals surface area contributed by atoms with Crippen molar-refractivity contribution in [2.75, 3.05) is 26.9 Å². The van der Waals surface area contributed by atoms with Gasteiger partial charge in [-0.15, -0.1) is 0 Å². The van der Waals surface area contributed by atoms with Crippen LogP contribution < -0.4 is 0 Å². The first-order chi connectivity index (χ1) is 13.6. The summed E-state index contributed by atoms with van der Waals surface area (Å²) in [6.45, 7) is 3.57. The zero-order chi connectivity index (χ0) is 19.9. The number of aliphatic hydroxyl groups is 1. The van der Waals surface area contributed by atoms with E-state index in [9.17, 15) is 4.79 Å². The van der Waals surface area contributed by atoms with Gasteiger partial charge in [0, 0.05) is 45.3 Å². The summed E-state index contributed by atoms with van der Waals surface area (Å²) in [5.41, 5.74) is 4.14. The number of fused-ring (bicyclic) bond motifs is 1. The Bertz CT molecular complexity index is 921. The number of aryl methyl sites for hydroxylation is 1. The third-order valence-electron chi connectivity index (χ3n) is 4.64. The smallest absolute Gasteiger partial charge is 0.274 e. The molecule has 0 unspecified atom stereocenters. The maximum absolute atomic E-state index is 13.1. The van der Waals surface area contributed by atoms with E-state index in [1.54, 1.807) is 35.0 Å². The molecule has 0 saturated carbocycles. The molecule has 1 amide bonds. The topological polar surface area (TPSA) is 80.0 Å². The summed E-state index contributed by atoms with van der Waals surface area (Å²) in [5.74, 6) is -0.161. The lowest BCUT2D eigenvalue weighted by atomic mass is 10.1. The molecule has 0 atom stereocenters. The second kappa shape index (κ2) is 9.43. The van der Waals surface area contributed by atoms with Crippen molar-refractivity contribution in [3.63, 3.8) is 0 Å². The van der Waals surface area contributed by atoms with E-state index in [4.69, 9.17) is 9.84 Å². The van der Waals surface area contributed by atoms with E-state index in [2.05, 4.69) is 41.3 Å². The number of aliphatic hydroxyl groups excluding tert-OH is 1. The normalized spacial score (nSPS) is 11.1. The quantitative estimate of drug-likeness (QED) is 0.613. The predicted octanol–water partition coefficient (Wildman–Crippen LogP) is 2.12. The van der Waals surface area contributed by atoms with Crippen molar-refractivity contribution >= 4 is 11.6 Å². The highest BCUT2D eigenvalue weighted by Gasteiger charge is 2.20. The standard InChI is InChI=1S/C21H26N4O3/c1-3-16-4-6-17(7-5-16)14-24(9-11-28-2)21(27)19-12-20-22-13-18(8-10-26)15-25(20)23-19/h4-7,12-13,15,26H,3,8-11,14H2,1-2H3. The van der Waals surface area contributed by atoms with Gasteiger partial charge in [-0.2, -0.15) is 5.10 Å². The number of hydrogen-bond acceptors (Lipinski definition) is 5. The summed E-state index contributed by atoms with van der Waals surface area (Å²) in [6, 6.07) is 9.97. The van der Waals surface area contributed by atoms with Gasteiger partial charge in [0.05, 0.1) is 6.61 Å². The van der Waals surface area contributed by atoms with E-state index >= 15 is 0 Å². The molecule has 0 aliphatic carbocycles. The molecule has 28 heavy (non-hydrogen) atoms. The van der Waals surface area contributed by atoms with E-state index in [0.29, 0.717) is 37.5 Å². The molecule has 1 aromatic carbocycles. The Labute approximate surface area is 164 Å². The van der Waals surface area contributed by atoms with Crippen molar-refractivity contribution in [2.45, 2.75) is 26.3 Å². The van der Waals surface area contributed by atoms with Crippen LogP contribution in [-0.2, 0) is 24.1 Å². The number of hydrogen-bond donors (Lipinski definition) is 1. The van der Waals surface area contributed by atoms with Gasteiger partial charge < -0.3 is 14.7 Å². The van der Waals surface area contributed by atoms with Gasteiger partial charge in [0.25, 0.3) is 5.91 Å². The number of carbonyl (C=O) groups is 1. The highest BCUT2D eigenvalue weighted by molar-refractivity contribution is 5.93. The molecule has 2 heterocycles. The van der Waals surface area contributed by atoms with Crippen molar-refractivity contribution in [3.8, 4) is 0 Å². The van der Waals surface area contributed by atoms with Crippen molar-refractivity contribution < 1.29 is 14.6 Å². The molecule has 0 aliphatic heterocycles. The molecule has 3 rings (SSSR count). The van der Waals surface area contributed by atoms with Crippen LogP contribution in [0.25, 0.3) is 5.65 Å². The molecular weight excluding hydrogens is 356 g/mol. The number of carbonyl (C=O) groups excluding carboxylic acids is 1. The first kappa shape index (κ1) is 20.0. The minimum atomic E-state index is -0.161. The Hall–Kier alpha value is -2.77. The molecule has 0 fully saturated rings. The summed E-state index contributed by atoms with van der Waals surface area (Å²) in [6.07, 6.45) is 4.97. The van der Waals surface area contributed by atoms with Crippen LogP contribution >= 0.6 is 0 Å². The van der Waals surface area contributed by atoms with Gasteiger partial charge in [-0.05, 0) is 29.5 Å². The number of ether oxygens (including phenoxy) is 1. The largest absolute Gasteiger partial charge is 0.396 e. The van der Waals surface area contributed by atoms with Crippen LogP contribution in [0.2, 0.25) is 0 Å². The molecular formula is C21H26N4O3. The summed E-state index contributed by atoms with van der Waals surface area (Å²) in [4.78, 5) is 19.1. The molecule has 148 valence electrons. The van der Waals surface area contributed by atoms with E-state index < -0.39 is 0 Å². The van der Waals surface area contributed by atoms with Gasteiger partial charge in [0.15, 0.2) is 11.3 Å². The zero-order valence-corrected chi connectivity index (χ0v) is 16.3. The van der Waals surface area contributed by atoms with Crippen LogP contribution in [0.1, 0.15) is 34.1 Å². The van der Waals surface area contributed by atoms with Crippen LogP contribution in [0, 0.1) is 0 Å². The lowest BCUT2D eigenvalue weighted by molar-refractivity contribution is 0.0674. The van der Waals surface area contributed by atoms with Crippen LogP contribution in [-0.4, -0.2) is 57.4 Å². The lowest BCUT2D eigenvalue weighted by Gasteiger charge is -2.21. The minimum Gasteiger partial charge on any atom is -0.396 e. The first-order valence-electron chi connectivity index (χ1n) is 9.45. The monoisotopic (exact) mass is 382 g/mol. The number of amides is 1. The summed E-state index contributed by atoms with van der Waals surface area (Å²) in [7, 11) is 1.62. The average molecular weight is 382 g/mol. The third-order valence-corrected chi connectivity index (χ3v) is 4.64. The predicted molar refractivity (Wildman–Crippen MR) is 106 cm³/mol. The molecule has 0 saturated heterocycles. The highest BCUT2D eigenvalue weighted by atomic mass is 16.5. The maximum Gasteiger partial charge on any atom is 0.274 e. The van der Waals surface area contributed by atoms with E-state index in [1.165, 1.54) is 5.56 Å². The van der Waals surface area contributed by atoms with Crippen molar-refractivity contribution in [1.29, 1.82) is 0 Å². The van der Waals surface area contributed by atoms with Crippen molar-refractivity contribution in [3.05, 3.63) is 65.1 Å². The van der Waals surface area contributed by atoms with Crippen molar-refractivity contribution in [2.24, 2.45) is 0 Å². The molecule has 0 radical (unpaired) electrons. The van der Waals surface area contributed by atoms with Crippen LogP contribution in [0.3, 0.4) is 0 Å². The van der Waals surface area contributed by atoms with E-state index in [-0.39, 0.29) is 12.5 Å². The van der Waals surface area contributed by atoms with Crippen LogP contribution in [0.5, 0.6) is 0 Å². The number of benzene rings is 1. The Kier molecular flexibility index (Phi) is 6.73. The fraction of sp³-hybridized carbons (Fsp3) is 0.381. The van der Waals surface area contributed by atoms with Gasteiger partial charge >= 0.3 is 0 Å². The zero-order valence-electron chi connectivity index (χ0n) is 16.3. The Morgan fingerprint density at radius 2 is 1.96 bits per heavy atom. The summed E-state index contributed by atoms with van der Waals surface area (Å²) >= 11 is 0. The highest BCUT2D eigenvalue weighted by Crippen LogP contribution is 2.13. The van der Waals surface area contributed by atoms with E-state index in [0.717, 1.165) is 17.5 Å². The number of nitrogens with zero attached hydrogens (tertiary/aromatic N) is 4. The molecule has 0 aliphatic rings. The van der Waals surface area contributed by atoms with Crippen molar-refractivity contribution in [1.82, 2.24) is 19.5 Å². The molecule has 7 nitrogen and oxygen atoms in total. The van der Waals surface area contributed by atoms with Crippen LogP contribution in [0.15, 0.2) is 42.7 Å². The molecule has 2 aromatic heterocycles. The van der Waals surface area contributed by atoms with Gasteiger partial charge in [-0.25, -0.2) is 9.50 Å². The number of methoxy groups -OCH3 is 1. The average Bonchev–Trinajstić information content (AvgIpc) is 3.14. The molecule has 7 heteroatoms. The number of aromatic nitrogens is 3. The van der Waals surface area contributed by atoms with Gasteiger partial charge in [0.2, 0.25) is 0 Å². The number of rotatable bonds is 9. The molecule has 1 N–H and O–H groups in total. The Morgan fingerprint density at radius 1 is 1.21 bits per heavy atom. The van der Waals surface area contributed by atoms with Crippen LogP contribution in [0.4, 0.5) is 0 Å².